The second-order valence-electron chi connectivity index (χ2n) is 2.22. The van der Waals surface area contributed by atoms with Gasteiger partial charge in [0.05, 0.1) is 0 Å². The molecule has 0 rings (SSSR count). The molecule has 0 amide bonds. The van der Waals surface area contributed by atoms with E-state index in [-0.39, 0.29) is 0 Å². The van der Waals surface area contributed by atoms with Crippen LogP contribution in [0.5, 0.6) is 0 Å². The van der Waals surface area contributed by atoms with Crippen LogP contribution in [-0.2, 0) is 4.57 Å². The van der Waals surface area contributed by atoms with Gasteiger partial charge in [-0.05, 0) is 12.3 Å². The highest BCUT2D eigenvalue weighted by atomic mass is 35.7. The molecular formula is C5H11ClOP+. The lowest BCUT2D eigenvalue weighted by Gasteiger charge is -1.92. The minimum absolute atomic E-state index is 0.618. The summed E-state index contributed by atoms with van der Waals surface area (Å²) < 4.78 is 10.3. The van der Waals surface area contributed by atoms with Crippen molar-refractivity contribution in [2.24, 2.45) is 5.92 Å². The third-order valence-corrected chi connectivity index (χ3v) is 2.00. The Morgan fingerprint density at radius 1 is 1.62 bits per heavy atom. The predicted molar refractivity (Wildman–Crippen MR) is 37.8 cm³/mol. The Balaban J connectivity index is 3.05. The summed E-state index contributed by atoms with van der Waals surface area (Å²) in [6.07, 6.45) is 1.63. The number of hydrogen-bond acceptors (Lipinski definition) is 1. The van der Waals surface area contributed by atoms with Gasteiger partial charge in [0.15, 0.2) is 6.16 Å². The van der Waals surface area contributed by atoms with E-state index in [1.807, 2.05) is 0 Å². The molecule has 0 N–H and O–H groups in total. The SMILES string of the molecule is CC(C)CC[P+](=O)Cl. The molecule has 48 valence electrons. The maximum absolute atomic E-state index is 10.3. The first-order chi connectivity index (χ1) is 3.63. The van der Waals surface area contributed by atoms with Crippen molar-refractivity contribution in [2.45, 2.75) is 20.3 Å². The van der Waals surface area contributed by atoms with Crippen molar-refractivity contribution >= 4 is 18.4 Å². The summed E-state index contributed by atoms with van der Waals surface area (Å²) in [7, 11) is -1.41. The van der Waals surface area contributed by atoms with E-state index in [9.17, 15) is 4.57 Å². The topological polar surface area (TPSA) is 17.1 Å². The van der Waals surface area contributed by atoms with Crippen LogP contribution in [0.15, 0.2) is 0 Å². The predicted octanol–water partition coefficient (Wildman–Crippen LogP) is 3.01. The number of rotatable bonds is 3. The minimum Gasteiger partial charge on any atom is -0.0626 e. The largest absolute Gasteiger partial charge is 0.454 e. The smallest absolute Gasteiger partial charge is 0.0626 e. The van der Waals surface area contributed by atoms with E-state index in [1.54, 1.807) is 0 Å². The fraction of sp³-hybridized carbons (Fsp3) is 1.00. The standard InChI is InChI=1S/C5H11ClOP/c1-5(2)3-4-8(6)7/h5H,3-4H2,1-2H3/q+1. The Morgan fingerprint density at radius 2 is 2.12 bits per heavy atom. The summed E-state index contributed by atoms with van der Waals surface area (Å²) in [6.45, 7) is 4.19. The van der Waals surface area contributed by atoms with Crippen molar-refractivity contribution in [1.82, 2.24) is 0 Å². The van der Waals surface area contributed by atoms with Crippen LogP contribution >= 0.6 is 18.4 Å². The maximum Gasteiger partial charge on any atom is 0.454 e. The van der Waals surface area contributed by atoms with Crippen molar-refractivity contribution < 1.29 is 4.57 Å². The zero-order valence-electron chi connectivity index (χ0n) is 5.22. The summed E-state index contributed by atoms with van der Waals surface area (Å²) in [5, 5.41) is 0. The Hall–Kier alpha value is 0.390. The van der Waals surface area contributed by atoms with Gasteiger partial charge >= 0.3 is 7.15 Å². The average Bonchev–Trinajstić information content (AvgIpc) is 1.61. The fourth-order valence-corrected chi connectivity index (χ4v) is 1.37. The van der Waals surface area contributed by atoms with Crippen LogP contribution in [0.2, 0.25) is 0 Å². The van der Waals surface area contributed by atoms with Gasteiger partial charge in [0.2, 0.25) is 11.2 Å². The Kier molecular flexibility index (Phi) is 4.50. The molecule has 0 spiro atoms. The van der Waals surface area contributed by atoms with Crippen molar-refractivity contribution in [3.05, 3.63) is 0 Å². The molecule has 0 aromatic rings. The zero-order chi connectivity index (χ0) is 6.57. The summed E-state index contributed by atoms with van der Waals surface area (Å²) in [5.41, 5.74) is 0. The molecule has 0 aliphatic carbocycles. The minimum atomic E-state index is -1.41. The van der Waals surface area contributed by atoms with Crippen LogP contribution in [0.1, 0.15) is 20.3 Å². The highest BCUT2D eigenvalue weighted by Crippen LogP contribution is 2.28. The fourth-order valence-electron chi connectivity index (χ4n) is 0.360. The molecule has 0 saturated carbocycles. The van der Waals surface area contributed by atoms with E-state index in [2.05, 4.69) is 13.8 Å². The summed E-state index contributed by atoms with van der Waals surface area (Å²) in [6, 6.07) is 0. The lowest BCUT2D eigenvalue weighted by molar-refractivity contribution is 0.582. The van der Waals surface area contributed by atoms with Crippen LogP contribution in [0.25, 0.3) is 0 Å². The van der Waals surface area contributed by atoms with E-state index in [0.717, 1.165) is 6.42 Å². The third kappa shape index (κ3) is 6.39. The summed E-state index contributed by atoms with van der Waals surface area (Å²) in [5.74, 6) is 0.618. The molecule has 0 saturated heterocycles. The summed E-state index contributed by atoms with van der Waals surface area (Å²) >= 11 is 5.23. The molecule has 8 heavy (non-hydrogen) atoms. The number of halogens is 1. The van der Waals surface area contributed by atoms with Gasteiger partial charge in [-0.15, -0.1) is 0 Å². The van der Waals surface area contributed by atoms with E-state index in [0.29, 0.717) is 12.1 Å². The van der Waals surface area contributed by atoms with E-state index < -0.39 is 7.15 Å². The Bertz CT molecular complexity index is 82.5. The third-order valence-electron chi connectivity index (χ3n) is 0.882. The molecule has 0 fully saturated rings. The van der Waals surface area contributed by atoms with Crippen LogP contribution < -0.4 is 0 Å². The van der Waals surface area contributed by atoms with Crippen molar-refractivity contribution in [3.63, 3.8) is 0 Å². The second-order valence-corrected chi connectivity index (χ2v) is 4.44. The van der Waals surface area contributed by atoms with Crippen molar-refractivity contribution in [3.8, 4) is 0 Å². The van der Waals surface area contributed by atoms with Gasteiger partial charge in [-0.2, -0.15) is 0 Å². The second kappa shape index (κ2) is 4.29. The van der Waals surface area contributed by atoms with E-state index in [4.69, 9.17) is 11.2 Å². The van der Waals surface area contributed by atoms with E-state index in [1.165, 1.54) is 0 Å². The molecule has 0 aliphatic heterocycles. The van der Waals surface area contributed by atoms with Gasteiger partial charge in [-0.1, -0.05) is 18.4 Å². The zero-order valence-corrected chi connectivity index (χ0v) is 6.88. The molecule has 0 aliphatic rings. The number of hydrogen-bond donors (Lipinski definition) is 0. The maximum atomic E-state index is 10.3. The van der Waals surface area contributed by atoms with Crippen molar-refractivity contribution in [2.75, 3.05) is 6.16 Å². The van der Waals surface area contributed by atoms with Crippen LogP contribution in [0.3, 0.4) is 0 Å². The Labute approximate surface area is 56.0 Å². The molecule has 0 bridgehead atoms. The van der Waals surface area contributed by atoms with Gasteiger partial charge in [0.1, 0.15) is 0 Å². The highest BCUT2D eigenvalue weighted by Gasteiger charge is 2.10. The highest BCUT2D eigenvalue weighted by molar-refractivity contribution is 7.73. The van der Waals surface area contributed by atoms with Gasteiger partial charge in [0, 0.05) is 0 Å². The molecule has 0 aromatic heterocycles. The first-order valence-electron chi connectivity index (χ1n) is 2.73. The first kappa shape index (κ1) is 8.39. The monoisotopic (exact) mass is 153 g/mol. The first-order valence-corrected chi connectivity index (χ1v) is 5.08. The normalized spacial score (nSPS) is 12.2. The molecule has 1 unspecified atom stereocenters. The molecule has 0 heterocycles. The average molecular weight is 154 g/mol. The van der Waals surface area contributed by atoms with Gasteiger partial charge in [-0.25, -0.2) is 0 Å². The quantitative estimate of drug-likeness (QED) is 0.570. The molecular weight excluding hydrogens is 142 g/mol. The van der Waals surface area contributed by atoms with Gasteiger partial charge in [-0.3, -0.25) is 0 Å². The lowest BCUT2D eigenvalue weighted by atomic mass is 10.2. The molecule has 0 aromatic carbocycles. The van der Waals surface area contributed by atoms with Gasteiger partial charge < -0.3 is 0 Å². The molecule has 0 radical (unpaired) electrons. The van der Waals surface area contributed by atoms with Crippen LogP contribution in [0, 0.1) is 5.92 Å². The van der Waals surface area contributed by atoms with E-state index >= 15 is 0 Å². The van der Waals surface area contributed by atoms with Gasteiger partial charge in [0.25, 0.3) is 0 Å². The molecule has 3 heteroatoms. The van der Waals surface area contributed by atoms with Crippen LogP contribution in [-0.4, -0.2) is 6.16 Å². The lowest BCUT2D eigenvalue weighted by Crippen LogP contribution is -1.86. The summed E-state index contributed by atoms with van der Waals surface area (Å²) in [4.78, 5) is 0. The van der Waals surface area contributed by atoms with Crippen molar-refractivity contribution in [1.29, 1.82) is 0 Å². The molecule has 1 nitrogen and oxygen atoms in total. The Morgan fingerprint density at radius 3 is 2.25 bits per heavy atom. The molecule has 1 atom stereocenters. The van der Waals surface area contributed by atoms with Crippen LogP contribution in [0.4, 0.5) is 0 Å².